The van der Waals surface area contributed by atoms with Gasteiger partial charge in [-0.05, 0) is 94.4 Å². The van der Waals surface area contributed by atoms with Gasteiger partial charge in [-0.15, -0.1) is 5.10 Å². The molecule has 5 aromatic rings. The normalized spacial score (nSPS) is 11.3. The summed E-state index contributed by atoms with van der Waals surface area (Å²) < 4.78 is 12.4. The van der Waals surface area contributed by atoms with Gasteiger partial charge in [0.05, 0.1) is 27.3 Å². The van der Waals surface area contributed by atoms with Gasteiger partial charge in [0.25, 0.3) is 5.56 Å². The van der Waals surface area contributed by atoms with Crippen LogP contribution in [0.25, 0.3) is 10.9 Å². The van der Waals surface area contributed by atoms with Crippen LogP contribution >= 0.6 is 0 Å². The van der Waals surface area contributed by atoms with Crippen LogP contribution in [0.5, 0.6) is 11.5 Å². The van der Waals surface area contributed by atoms with Crippen LogP contribution in [0.1, 0.15) is 33.6 Å². The second kappa shape index (κ2) is 11.5. The maximum atomic E-state index is 13.1. The van der Waals surface area contributed by atoms with Crippen LogP contribution in [0.15, 0.2) is 71.5 Å². The third-order valence-corrected chi connectivity index (χ3v) is 6.96. The molecule has 0 aliphatic heterocycles. The summed E-state index contributed by atoms with van der Waals surface area (Å²) in [5.41, 5.74) is 5.93. The molecule has 0 saturated carbocycles. The molecule has 0 aliphatic carbocycles. The number of methoxy groups -OCH3 is 2. The first-order valence-electron chi connectivity index (χ1n) is 12.8. The number of benzene rings is 3. The largest absolute Gasteiger partial charge is 0.497 e. The first-order valence-corrected chi connectivity index (χ1v) is 12.8. The molecular weight excluding hydrogens is 492 g/mol. The highest BCUT2D eigenvalue weighted by atomic mass is 16.5. The number of nitrogens with one attached hydrogen (secondary N) is 1. The molecular formula is C30H32N6O3. The van der Waals surface area contributed by atoms with Crippen molar-refractivity contribution in [3.05, 3.63) is 111 Å². The van der Waals surface area contributed by atoms with E-state index in [1.54, 1.807) is 18.9 Å². The maximum absolute atomic E-state index is 13.1. The molecule has 0 aliphatic rings. The first kappa shape index (κ1) is 26.1. The number of aromatic amines is 1. The average molecular weight is 525 g/mol. The van der Waals surface area contributed by atoms with Crippen molar-refractivity contribution in [2.24, 2.45) is 0 Å². The minimum atomic E-state index is -0.0942. The molecule has 0 unspecified atom stereocenters. The summed E-state index contributed by atoms with van der Waals surface area (Å²) in [7, 11) is 3.30. The molecule has 3 aromatic carbocycles. The Labute approximate surface area is 227 Å². The SMILES string of the molecule is COc1ccc(CN(Cc2cc3cc(C)c(C)cc3[nH]c2=O)Cc2nnnn2Cc2ccc(OC)cc2)cc1. The molecule has 39 heavy (non-hydrogen) atoms. The Morgan fingerprint density at radius 2 is 1.46 bits per heavy atom. The zero-order valence-corrected chi connectivity index (χ0v) is 22.6. The predicted octanol–water partition coefficient (Wildman–Crippen LogP) is 4.40. The number of nitrogens with zero attached hydrogens (tertiary/aromatic N) is 5. The Morgan fingerprint density at radius 3 is 2.13 bits per heavy atom. The Hall–Kier alpha value is -4.50. The van der Waals surface area contributed by atoms with Crippen molar-refractivity contribution in [3.8, 4) is 11.5 Å². The van der Waals surface area contributed by atoms with E-state index in [9.17, 15) is 4.79 Å². The van der Waals surface area contributed by atoms with E-state index in [-0.39, 0.29) is 5.56 Å². The van der Waals surface area contributed by atoms with E-state index in [4.69, 9.17) is 9.47 Å². The first-order chi connectivity index (χ1) is 18.9. The lowest BCUT2D eigenvalue weighted by atomic mass is 10.0. The van der Waals surface area contributed by atoms with Crippen LogP contribution in [0.3, 0.4) is 0 Å². The molecule has 0 atom stereocenters. The summed E-state index contributed by atoms with van der Waals surface area (Å²) in [6.07, 6.45) is 0. The van der Waals surface area contributed by atoms with Gasteiger partial charge < -0.3 is 14.5 Å². The van der Waals surface area contributed by atoms with Crippen molar-refractivity contribution in [2.75, 3.05) is 14.2 Å². The van der Waals surface area contributed by atoms with Gasteiger partial charge in [0, 0.05) is 24.2 Å². The quantitative estimate of drug-likeness (QED) is 0.289. The Kier molecular flexibility index (Phi) is 7.69. The Bertz CT molecular complexity index is 1620. The van der Waals surface area contributed by atoms with Crippen LogP contribution in [0.2, 0.25) is 0 Å². The molecule has 0 fully saturated rings. The third-order valence-electron chi connectivity index (χ3n) is 6.96. The number of fused-ring (bicyclic) bond motifs is 1. The maximum Gasteiger partial charge on any atom is 0.252 e. The van der Waals surface area contributed by atoms with Crippen LogP contribution in [0.4, 0.5) is 0 Å². The third kappa shape index (κ3) is 6.15. The van der Waals surface area contributed by atoms with E-state index in [0.29, 0.717) is 37.6 Å². The van der Waals surface area contributed by atoms with E-state index >= 15 is 0 Å². The molecule has 0 bridgehead atoms. The van der Waals surface area contributed by atoms with E-state index in [2.05, 4.69) is 38.4 Å². The van der Waals surface area contributed by atoms with Crippen molar-refractivity contribution in [1.82, 2.24) is 30.1 Å². The summed E-state index contributed by atoms with van der Waals surface area (Å²) in [6, 6.07) is 21.9. The lowest BCUT2D eigenvalue weighted by Gasteiger charge is -2.22. The molecule has 9 heteroatoms. The van der Waals surface area contributed by atoms with Gasteiger partial charge in [0.1, 0.15) is 11.5 Å². The molecule has 0 radical (unpaired) electrons. The van der Waals surface area contributed by atoms with E-state index < -0.39 is 0 Å². The number of hydrogen-bond acceptors (Lipinski definition) is 7. The van der Waals surface area contributed by atoms with Crippen LogP contribution < -0.4 is 15.0 Å². The highest BCUT2D eigenvalue weighted by Gasteiger charge is 2.16. The van der Waals surface area contributed by atoms with Gasteiger partial charge in [-0.2, -0.15) is 0 Å². The van der Waals surface area contributed by atoms with Crippen molar-refractivity contribution < 1.29 is 9.47 Å². The summed E-state index contributed by atoms with van der Waals surface area (Å²) in [5, 5.41) is 13.5. The van der Waals surface area contributed by atoms with E-state index in [1.165, 1.54) is 5.56 Å². The van der Waals surface area contributed by atoms with Gasteiger partial charge >= 0.3 is 0 Å². The van der Waals surface area contributed by atoms with E-state index in [1.807, 2.05) is 67.6 Å². The minimum Gasteiger partial charge on any atom is -0.497 e. The zero-order chi connectivity index (χ0) is 27.4. The molecule has 200 valence electrons. The highest BCUT2D eigenvalue weighted by Crippen LogP contribution is 2.20. The van der Waals surface area contributed by atoms with Crippen molar-refractivity contribution in [3.63, 3.8) is 0 Å². The number of H-pyrrole nitrogens is 1. The number of hydrogen-bond donors (Lipinski definition) is 1. The highest BCUT2D eigenvalue weighted by molar-refractivity contribution is 5.80. The molecule has 5 rings (SSSR count). The number of tetrazole rings is 1. The average Bonchev–Trinajstić information content (AvgIpc) is 3.37. The van der Waals surface area contributed by atoms with Gasteiger partial charge in [-0.1, -0.05) is 24.3 Å². The topological polar surface area (TPSA) is 98.2 Å². The van der Waals surface area contributed by atoms with Gasteiger partial charge in [-0.3, -0.25) is 9.69 Å². The Morgan fingerprint density at radius 1 is 0.821 bits per heavy atom. The molecule has 0 saturated heterocycles. The summed E-state index contributed by atoms with van der Waals surface area (Å²) in [4.78, 5) is 18.4. The number of aromatic nitrogens is 5. The summed E-state index contributed by atoms with van der Waals surface area (Å²) in [6.45, 7) is 6.15. The van der Waals surface area contributed by atoms with Crippen molar-refractivity contribution in [1.29, 1.82) is 0 Å². The molecule has 0 amide bonds. The lowest BCUT2D eigenvalue weighted by Crippen LogP contribution is -2.28. The van der Waals surface area contributed by atoms with Crippen LogP contribution in [-0.4, -0.2) is 44.3 Å². The van der Waals surface area contributed by atoms with Gasteiger partial charge in [0.15, 0.2) is 5.82 Å². The number of rotatable bonds is 10. The van der Waals surface area contributed by atoms with Gasteiger partial charge in [0.2, 0.25) is 0 Å². The molecule has 2 heterocycles. The molecule has 2 aromatic heterocycles. The Balaban J connectivity index is 1.43. The number of aryl methyl sites for hydroxylation is 2. The van der Waals surface area contributed by atoms with Crippen molar-refractivity contribution in [2.45, 2.75) is 40.0 Å². The fraction of sp³-hybridized carbons (Fsp3) is 0.267. The fourth-order valence-corrected chi connectivity index (χ4v) is 4.60. The number of ether oxygens (including phenoxy) is 2. The monoisotopic (exact) mass is 524 g/mol. The molecule has 9 nitrogen and oxygen atoms in total. The standard InChI is InChI=1S/C30H32N6O3/c1-20-13-24-15-25(30(37)31-28(24)14-21(20)2)18-35(16-22-5-9-26(38-3)10-6-22)19-29-32-33-34-36(29)17-23-7-11-27(39-4)12-8-23/h5-15H,16-19H2,1-4H3,(H,31,37). The van der Waals surface area contributed by atoms with Crippen LogP contribution in [0, 0.1) is 13.8 Å². The minimum absolute atomic E-state index is 0.0942. The lowest BCUT2D eigenvalue weighted by molar-refractivity contribution is 0.236. The second-order valence-electron chi connectivity index (χ2n) is 9.74. The smallest absolute Gasteiger partial charge is 0.252 e. The van der Waals surface area contributed by atoms with Gasteiger partial charge in [-0.25, -0.2) is 4.68 Å². The zero-order valence-electron chi connectivity index (χ0n) is 22.6. The van der Waals surface area contributed by atoms with E-state index in [0.717, 1.165) is 39.1 Å². The second-order valence-corrected chi connectivity index (χ2v) is 9.74. The summed E-state index contributed by atoms with van der Waals surface area (Å²) in [5.74, 6) is 2.31. The fourth-order valence-electron chi connectivity index (χ4n) is 4.60. The molecule has 0 spiro atoms. The number of pyridine rings is 1. The molecule has 1 N–H and O–H groups in total. The summed E-state index contributed by atoms with van der Waals surface area (Å²) >= 11 is 0. The predicted molar refractivity (Wildman–Crippen MR) is 150 cm³/mol. The van der Waals surface area contributed by atoms with Crippen molar-refractivity contribution >= 4 is 10.9 Å². The van der Waals surface area contributed by atoms with Crippen LogP contribution in [-0.2, 0) is 26.2 Å².